The van der Waals surface area contributed by atoms with Gasteiger partial charge in [0.25, 0.3) is 0 Å². The number of nitrogens with one attached hydrogen (secondary N) is 1. The monoisotopic (exact) mass is 237 g/mol. The SMILES string of the molecule is CCCCCCNc1cnc(C(=O)OC)cn1. The third-order valence-corrected chi connectivity index (χ3v) is 2.38. The minimum atomic E-state index is -0.466. The van der Waals surface area contributed by atoms with Gasteiger partial charge in [0, 0.05) is 6.54 Å². The average molecular weight is 237 g/mol. The van der Waals surface area contributed by atoms with E-state index in [0.717, 1.165) is 13.0 Å². The van der Waals surface area contributed by atoms with Crippen LogP contribution in [0.3, 0.4) is 0 Å². The summed E-state index contributed by atoms with van der Waals surface area (Å²) in [4.78, 5) is 19.2. The highest BCUT2D eigenvalue weighted by Gasteiger charge is 2.06. The molecule has 0 saturated carbocycles. The van der Waals surface area contributed by atoms with Crippen molar-refractivity contribution in [2.75, 3.05) is 19.0 Å². The second-order valence-electron chi connectivity index (χ2n) is 3.77. The molecule has 1 N–H and O–H groups in total. The molecule has 0 bridgehead atoms. The highest BCUT2D eigenvalue weighted by Crippen LogP contribution is 2.04. The summed E-state index contributed by atoms with van der Waals surface area (Å²) in [6.07, 6.45) is 7.79. The molecule has 0 atom stereocenters. The number of hydrogen-bond donors (Lipinski definition) is 1. The lowest BCUT2D eigenvalue weighted by Gasteiger charge is -2.05. The van der Waals surface area contributed by atoms with Crippen molar-refractivity contribution in [2.45, 2.75) is 32.6 Å². The lowest BCUT2D eigenvalue weighted by Crippen LogP contribution is -2.08. The van der Waals surface area contributed by atoms with E-state index in [-0.39, 0.29) is 5.69 Å². The van der Waals surface area contributed by atoms with Gasteiger partial charge in [-0.15, -0.1) is 0 Å². The number of nitrogens with zero attached hydrogens (tertiary/aromatic N) is 2. The Kier molecular flexibility index (Phi) is 5.99. The van der Waals surface area contributed by atoms with Gasteiger partial charge >= 0.3 is 5.97 Å². The second-order valence-corrected chi connectivity index (χ2v) is 3.77. The molecule has 0 spiro atoms. The number of hydrogen-bond acceptors (Lipinski definition) is 5. The maximum Gasteiger partial charge on any atom is 0.358 e. The topological polar surface area (TPSA) is 64.1 Å². The first-order valence-corrected chi connectivity index (χ1v) is 5.92. The summed E-state index contributed by atoms with van der Waals surface area (Å²) in [6, 6.07) is 0. The van der Waals surface area contributed by atoms with E-state index in [2.05, 4.69) is 26.9 Å². The molecule has 1 rings (SSSR count). The highest BCUT2D eigenvalue weighted by atomic mass is 16.5. The quantitative estimate of drug-likeness (QED) is 0.582. The summed E-state index contributed by atoms with van der Waals surface area (Å²) >= 11 is 0. The van der Waals surface area contributed by atoms with E-state index in [1.807, 2.05) is 0 Å². The molecule has 0 aliphatic rings. The van der Waals surface area contributed by atoms with Gasteiger partial charge < -0.3 is 10.1 Å². The van der Waals surface area contributed by atoms with Crippen LogP contribution >= 0.6 is 0 Å². The molecular weight excluding hydrogens is 218 g/mol. The smallest absolute Gasteiger partial charge is 0.358 e. The van der Waals surface area contributed by atoms with Crippen LogP contribution < -0.4 is 5.32 Å². The molecular formula is C12H19N3O2. The molecule has 17 heavy (non-hydrogen) atoms. The fourth-order valence-corrected chi connectivity index (χ4v) is 1.40. The van der Waals surface area contributed by atoms with Crippen LogP contribution in [0.15, 0.2) is 12.4 Å². The largest absolute Gasteiger partial charge is 0.464 e. The van der Waals surface area contributed by atoms with Crippen molar-refractivity contribution in [1.82, 2.24) is 9.97 Å². The summed E-state index contributed by atoms with van der Waals surface area (Å²) in [5, 5.41) is 3.16. The van der Waals surface area contributed by atoms with Gasteiger partial charge in [-0.25, -0.2) is 14.8 Å². The van der Waals surface area contributed by atoms with Crippen LogP contribution in [0.2, 0.25) is 0 Å². The van der Waals surface area contributed by atoms with Gasteiger partial charge in [0.15, 0.2) is 5.69 Å². The summed E-state index contributed by atoms with van der Waals surface area (Å²) in [6.45, 7) is 3.07. The molecule has 0 aliphatic carbocycles. The van der Waals surface area contributed by atoms with Crippen molar-refractivity contribution < 1.29 is 9.53 Å². The van der Waals surface area contributed by atoms with Gasteiger partial charge in [-0.1, -0.05) is 26.2 Å². The number of aromatic nitrogens is 2. The van der Waals surface area contributed by atoms with Crippen LogP contribution in [0.5, 0.6) is 0 Å². The zero-order valence-corrected chi connectivity index (χ0v) is 10.4. The highest BCUT2D eigenvalue weighted by molar-refractivity contribution is 5.86. The molecule has 1 aromatic heterocycles. The van der Waals surface area contributed by atoms with E-state index in [1.165, 1.54) is 32.6 Å². The van der Waals surface area contributed by atoms with E-state index in [9.17, 15) is 4.79 Å². The van der Waals surface area contributed by atoms with Crippen LogP contribution in [0.25, 0.3) is 0 Å². The number of carbonyl (C=O) groups excluding carboxylic acids is 1. The predicted molar refractivity (Wildman–Crippen MR) is 66.0 cm³/mol. The van der Waals surface area contributed by atoms with Crippen molar-refractivity contribution >= 4 is 11.8 Å². The third kappa shape index (κ3) is 4.80. The molecule has 1 heterocycles. The van der Waals surface area contributed by atoms with E-state index in [1.54, 1.807) is 6.20 Å². The normalized spacial score (nSPS) is 10.0. The molecule has 94 valence electrons. The molecule has 5 heteroatoms. The fraction of sp³-hybridized carbons (Fsp3) is 0.583. The van der Waals surface area contributed by atoms with Crippen LogP contribution in [0.1, 0.15) is 43.1 Å². The van der Waals surface area contributed by atoms with Gasteiger partial charge in [0.1, 0.15) is 5.82 Å². The Bertz CT molecular complexity index is 338. The van der Waals surface area contributed by atoms with Crippen LogP contribution in [0.4, 0.5) is 5.82 Å². The summed E-state index contributed by atoms with van der Waals surface area (Å²) in [5.74, 6) is 0.223. The Hall–Kier alpha value is -1.65. The van der Waals surface area contributed by atoms with Crippen LogP contribution in [0, 0.1) is 0 Å². The molecule has 1 aromatic rings. The minimum Gasteiger partial charge on any atom is -0.464 e. The fourth-order valence-electron chi connectivity index (χ4n) is 1.40. The van der Waals surface area contributed by atoms with Crippen molar-refractivity contribution in [2.24, 2.45) is 0 Å². The molecule has 0 saturated heterocycles. The van der Waals surface area contributed by atoms with Crippen molar-refractivity contribution in [3.8, 4) is 0 Å². The van der Waals surface area contributed by atoms with Crippen molar-refractivity contribution in [3.05, 3.63) is 18.1 Å². The van der Waals surface area contributed by atoms with E-state index < -0.39 is 5.97 Å². The summed E-state index contributed by atoms with van der Waals surface area (Å²) < 4.78 is 4.54. The molecule has 5 nitrogen and oxygen atoms in total. The summed E-state index contributed by atoms with van der Waals surface area (Å²) in [7, 11) is 1.32. The number of methoxy groups -OCH3 is 1. The average Bonchev–Trinajstić information content (AvgIpc) is 2.38. The van der Waals surface area contributed by atoms with Gasteiger partial charge in [0.05, 0.1) is 19.5 Å². The lowest BCUT2D eigenvalue weighted by atomic mass is 10.2. The Balaban J connectivity index is 2.33. The first-order valence-electron chi connectivity index (χ1n) is 5.92. The van der Waals surface area contributed by atoms with Crippen molar-refractivity contribution in [3.63, 3.8) is 0 Å². The number of anilines is 1. The number of ether oxygens (including phenoxy) is 1. The molecule has 0 amide bonds. The number of rotatable bonds is 7. The molecule has 0 aliphatic heterocycles. The Morgan fingerprint density at radius 2 is 2.12 bits per heavy atom. The summed E-state index contributed by atoms with van der Waals surface area (Å²) in [5.41, 5.74) is 0.226. The molecule has 0 radical (unpaired) electrons. The van der Waals surface area contributed by atoms with Gasteiger partial charge in [-0.2, -0.15) is 0 Å². The maximum atomic E-state index is 11.1. The Labute approximate surface area is 102 Å². The Morgan fingerprint density at radius 3 is 2.71 bits per heavy atom. The predicted octanol–water partition coefficient (Wildman–Crippen LogP) is 2.26. The van der Waals surface area contributed by atoms with Crippen molar-refractivity contribution in [1.29, 1.82) is 0 Å². The van der Waals surface area contributed by atoms with E-state index >= 15 is 0 Å². The molecule has 0 unspecified atom stereocenters. The second kappa shape index (κ2) is 7.60. The number of carbonyl (C=O) groups is 1. The number of unbranched alkanes of at least 4 members (excludes halogenated alkanes) is 3. The van der Waals surface area contributed by atoms with E-state index in [4.69, 9.17) is 0 Å². The molecule has 0 aromatic carbocycles. The van der Waals surface area contributed by atoms with Gasteiger partial charge in [-0.3, -0.25) is 0 Å². The zero-order chi connectivity index (χ0) is 12.5. The third-order valence-electron chi connectivity index (χ3n) is 2.38. The van der Waals surface area contributed by atoms with Crippen LogP contribution in [-0.4, -0.2) is 29.6 Å². The van der Waals surface area contributed by atoms with Gasteiger partial charge in [-0.05, 0) is 6.42 Å². The number of esters is 1. The standard InChI is InChI=1S/C12H19N3O2/c1-3-4-5-6-7-13-11-9-14-10(8-15-11)12(16)17-2/h8-9H,3-7H2,1-2H3,(H,13,15). The minimum absolute atomic E-state index is 0.226. The Morgan fingerprint density at radius 1 is 1.29 bits per heavy atom. The zero-order valence-electron chi connectivity index (χ0n) is 10.4. The van der Waals surface area contributed by atoms with Gasteiger partial charge in [0.2, 0.25) is 0 Å². The van der Waals surface area contributed by atoms with E-state index in [0.29, 0.717) is 5.82 Å². The van der Waals surface area contributed by atoms with Crippen LogP contribution in [-0.2, 0) is 4.74 Å². The first-order chi connectivity index (χ1) is 8.27. The molecule has 0 fully saturated rings. The lowest BCUT2D eigenvalue weighted by molar-refractivity contribution is 0.0593. The first kappa shape index (κ1) is 13.4. The maximum absolute atomic E-state index is 11.1.